The van der Waals surface area contributed by atoms with Crippen LogP contribution in [0.1, 0.15) is 43.8 Å². The third-order valence-corrected chi connectivity index (χ3v) is 7.32. The minimum atomic E-state index is 0.403. The van der Waals surface area contributed by atoms with Crippen LogP contribution in [0.15, 0.2) is 48.0 Å². The van der Waals surface area contributed by atoms with Crippen molar-refractivity contribution in [2.24, 2.45) is 16.8 Å². The molecule has 174 valence electrons. The van der Waals surface area contributed by atoms with Gasteiger partial charge in [0.05, 0.1) is 19.5 Å². The van der Waals surface area contributed by atoms with Crippen LogP contribution in [0.5, 0.6) is 5.75 Å². The highest BCUT2D eigenvalue weighted by Crippen LogP contribution is 2.35. The number of piperidine rings is 2. The Morgan fingerprint density at radius 2 is 2.03 bits per heavy atom. The number of guanidine groups is 1. The number of nitrogens with one attached hydrogen (secondary N) is 1. The Kier molecular flexibility index (Phi) is 7.35. The maximum absolute atomic E-state index is 5.36. The van der Waals surface area contributed by atoms with Gasteiger partial charge in [-0.3, -0.25) is 9.89 Å². The summed E-state index contributed by atoms with van der Waals surface area (Å²) < 4.78 is 7.61. The van der Waals surface area contributed by atoms with Gasteiger partial charge < -0.3 is 19.5 Å². The fourth-order valence-electron chi connectivity index (χ4n) is 5.45. The summed E-state index contributed by atoms with van der Waals surface area (Å²) in [4.78, 5) is 13.8. The van der Waals surface area contributed by atoms with Crippen molar-refractivity contribution in [1.29, 1.82) is 0 Å². The number of benzene rings is 1. The molecule has 0 radical (unpaired) electrons. The molecule has 7 heteroatoms. The van der Waals surface area contributed by atoms with Gasteiger partial charge in [0.25, 0.3) is 0 Å². The minimum absolute atomic E-state index is 0.403. The number of ether oxygens (including phenoxy) is 1. The zero-order chi connectivity index (χ0) is 22.5. The monoisotopic (exact) mass is 438 g/mol. The summed E-state index contributed by atoms with van der Waals surface area (Å²) in [5.74, 6) is 3.09. The predicted molar refractivity (Wildman–Crippen MR) is 129 cm³/mol. The van der Waals surface area contributed by atoms with Crippen molar-refractivity contribution >= 4 is 5.96 Å². The van der Waals surface area contributed by atoms with Crippen LogP contribution in [0.2, 0.25) is 0 Å². The quantitative estimate of drug-likeness (QED) is 0.573. The van der Waals surface area contributed by atoms with Gasteiger partial charge in [-0.15, -0.1) is 0 Å². The van der Waals surface area contributed by atoms with Crippen LogP contribution in [0.25, 0.3) is 0 Å². The van der Waals surface area contributed by atoms with E-state index in [9.17, 15) is 0 Å². The van der Waals surface area contributed by atoms with Gasteiger partial charge in [0.1, 0.15) is 5.75 Å². The van der Waals surface area contributed by atoms with Gasteiger partial charge in [-0.2, -0.15) is 0 Å². The number of methoxy groups -OCH3 is 1. The molecule has 0 aliphatic carbocycles. The summed E-state index contributed by atoms with van der Waals surface area (Å²) in [6.45, 7) is 6.41. The van der Waals surface area contributed by atoms with Crippen molar-refractivity contribution in [2.75, 3.05) is 47.4 Å². The third kappa shape index (κ3) is 4.93. The van der Waals surface area contributed by atoms with Gasteiger partial charge in [0.2, 0.25) is 0 Å². The van der Waals surface area contributed by atoms with E-state index >= 15 is 0 Å². The second-order valence-corrected chi connectivity index (χ2v) is 9.32. The molecule has 0 amide bonds. The van der Waals surface area contributed by atoms with Crippen LogP contribution >= 0.6 is 0 Å². The first-order valence-corrected chi connectivity index (χ1v) is 11.9. The molecule has 4 rings (SSSR count). The van der Waals surface area contributed by atoms with Crippen LogP contribution < -0.4 is 10.1 Å². The van der Waals surface area contributed by atoms with Gasteiger partial charge >= 0.3 is 0 Å². The predicted octanol–water partition coefficient (Wildman–Crippen LogP) is 3.43. The Labute approximate surface area is 192 Å². The summed E-state index contributed by atoms with van der Waals surface area (Å²) in [6.07, 6.45) is 9.51. The molecule has 4 unspecified atom stereocenters. The van der Waals surface area contributed by atoms with Gasteiger partial charge in [-0.25, -0.2) is 4.98 Å². The summed E-state index contributed by atoms with van der Waals surface area (Å²) in [5, 5.41) is 3.73. The first-order valence-electron chi connectivity index (χ1n) is 11.9. The molecular weight excluding hydrogens is 400 g/mol. The summed E-state index contributed by atoms with van der Waals surface area (Å²) in [6, 6.07) is 9.42. The normalized spacial score (nSPS) is 27.4. The molecule has 0 bridgehead atoms. The summed E-state index contributed by atoms with van der Waals surface area (Å²) in [5.41, 5.74) is 1.36. The van der Waals surface area contributed by atoms with E-state index in [1.54, 1.807) is 7.11 Å². The Bertz CT molecular complexity index is 865. The third-order valence-electron chi connectivity index (χ3n) is 7.32. The molecule has 2 saturated heterocycles. The van der Waals surface area contributed by atoms with Crippen LogP contribution in [-0.4, -0.2) is 72.7 Å². The highest BCUT2D eigenvalue weighted by atomic mass is 16.5. The molecule has 0 saturated carbocycles. The standard InChI is InChI=1S/C25H38N6O/c1-19-11-14-30(17-23(19)31-15-12-27-18-31)25(26-2)28-16-21-6-5-13-29(3)24(21)20-7-9-22(32-4)10-8-20/h7-10,12,15,18-19,21,23-24H,5-6,11,13-14,16-17H2,1-4H3,(H,26,28). The van der Waals surface area contributed by atoms with Crippen LogP contribution in [0.4, 0.5) is 0 Å². The van der Waals surface area contributed by atoms with E-state index in [-0.39, 0.29) is 0 Å². The van der Waals surface area contributed by atoms with E-state index in [1.165, 1.54) is 18.4 Å². The first kappa shape index (κ1) is 22.6. The summed E-state index contributed by atoms with van der Waals surface area (Å²) >= 11 is 0. The molecule has 2 aromatic rings. The van der Waals surface area contributed by atoms with E-state index < -0.39 is 0 Å². The van der Waals surface area contributed by atoms with Gasteiger partial charge in [0.15, 0.2) is 5.96 Å². The van der Waals surface area contributed by atoms with Crippen molar-refractivity contribution in [2.45, 2.75) is 38.3 Å². The number of likely N-dealkylation sites (tertiary alicyclic amines) is 2. The van der Waals surface area contributed by atoms with Crippen molar-refractivity contribution in [3.63, 3.8) is 0 Å². The number of aliphatic imine (C=N–C) groups is 1. The number of nitrogens with zero attached hydrogens (tertiary/aromatic N) is 5. The smallest absolute Gasteiger partial charge is 0.193 e. The Balaban J connectivity index is 1.42. The molecular formula is C25H38N6O. The molecule has 4 atom stereocenters. The minimum Gasteiger partial charge on any atom is -0.497 e. The Hall–Kier alpha value is -2.54. The van der Waals surface area contributed by atoms with Gasteiger partial charge in [0, 0.05) is 45.1 Å². The first-order chi connectivity index (χ1) is 15.6. The zero-order valence-corrected chi connectivity index (χ0v) is 19.9. The Morgan fingerprint density at radius 1 is 1.22 bits per heavy atom. The number of hydrogen-bond donors (Lipinski definition) is 1. The molecule has 1 N–H and O–H groups in total. The molecule has 2 fully saturated rings. The second kappa shape index (κ2) is 10.4. The van der Waals surface area contributed by atoms with Crippen molar-refractivity contribution in [1.82, 2.24) is 24.7 Å². The maximum atomic E-state index is 5.36. The highest BCUT2D eigenvalue weighted by Gasteiger charge is 2.32. The second-order valence-electron chi connectivity index (χ2n) is 9.32. The lowest BCUT2D eigenvalue weighted by molar-refractivity contribution is 0.121. The van der Waals surface area contributed by atoms with E-state index in [4.69, 9.17) is 4.74 Å². The van der Waals surface area contributed by atoms with Gasteiger partial charge in [-0.05, 0) is 62.4 Å². The molecule has 0 spiro atoms. The van der Waals surface area contributed by atoms with Crippen LogP contribution in [-0.2, 0) is 0 Å². The molecule has 1 aromatic heterocycles. The van der Waals surface area contributed by atoms with Crippen LogP contribution in [0.3, 0.4) is 0 Å². The van der Waals surface area contributed by atoms with Crippen molar-refractivity contribution < 1.29 is 4.74 Å². The summed E-state index contributed by atoms with van der Waals surface area (Å²) in [7, 11) is 5.87. The zero-order valence-electron chi connectivity index (χ0n) is 19.9. The molecule has 1 aromatic carbocycles. The molecule has 32 heavy (non-hydrogen) atoms. The average Bonchev–Trinajstić information content (AvgIpc) is 3.35. The Morgan fingerprint density at radius 3 is 2.72 bits per heavy atom. The molecule has 3 heterocycles. The van der Waals surface area contributed by atoms with E-state index in [0.717, 1.165) is 44.3 Å². The highest BCUT2D eigenvalue weighted by molar-refractivity contribution is 5.80. The topological polar surface area (TPSA) is 57.9 Å². The van der Waals surface area contributed by atoms with Gasteiger partial charge in [-0.1, -0.05) is 19.1 Å². The van der Waals surface area contributed by atoms with E-state index in [0.29, 0.717) is 23.9 Å². The lowest BCUT2D eigenvalue weighted by Crippen LogP contribution is -2.51. The van der Waals surface area contributed by atoms with Crippen LogP contribution in [0, 0.1) is 11.8 Å². The SMILES string of the molecule is CN=C(NCC1CCCN(C)C1c1ccc(OC)cc1)N1CCC(C)C(n2ccnc2)C1. The van der Waals surface area contributed by atoms with Crippen molar-refractivity contribution in [3.8, 4) is 5.75 Å². The molecule has 2 aliphatic rings. The fraction of sp³-hybridized carbons (Fsp3) is 0.600. The van der Waals surface area contributed by atoms with E-state index in [1.807, 2.05) is 19.6 Å². The van der Waals surface area contributed by atoms with E-state index in [2.05, 4.69) is 74.1 Å². The van der Waals surface area contributed by atoms with Crippen molar-refractivity contribution in [3.05, 3.63) is 48.5 Å². The lowest BCUT2D eigenvalue weighted by atomic mass is 9.85. The fourth-order valence-corrected chi connectivity index (χ4v) is 5.45. The lowest BCUT2D eigenvalue weighted by Gasteiger charge is -2.42. The number of aromatic nitrogens is 2. The molecule has 7 nitrogen and oxygen atoms in total. The molecule has 2 aliphatic heterocycles. The average molecular weight is 439 g/mol. The number of rotatable bonds is 5. The maximum Gasteiger partial charge on any atom is 0.193 e. The largest absolute Gasteiger partial charge is 0.497 e. The number of hydrogen-bond acceptors (Lipinski definition) is 4. The number of imidazole rings is 1.